The Balaban J connectivity index is 1.90. The molecule has 0 fully saturated rings. The van der Waals surface area contributed by atoms with E-state index in [2.05, 4.69) is 46.5 Å². The average molecular weight is 222 g/mol. The number of H-pyrrole nitrogens is 1. The topological polar surface area (TPSA) is 53.6 Å². The van der Waals surface area contributed by atoms with Crippen molar-refractivity contribution in [2.45, 2.75) is 26.4 Å². The summed E-state index contributed by atoms with van der Waals surface area (Å²) in [6.45, 7) is 5.00. The summed E-state index contributed by atoms with van der Waals surface area (Å²) in [7, 11) is 0. The van der Waals surface area contributed by atoms with Gasteiger partial charge in [-0.1, -0.05) is 0 Å². The molecule has 0 saturated heterocycles. The summed E-state index contributed by atoms with van der Waals surface area (Å²) in [5.74, 6) is 0.870. The molecule has 0 aromatic carbocycles. The molecule has 0 spiro atoms. The first-order valence-electron chi connectivity index (χ1n) is 4.89. The number of hydrogen-bond donors (Lipinski definition) is 2. The minimum atomic E-state index is 0.355. The smallest absolute Gasteiger partial charge is 0.138 e. The lowest BCUT2D eigenvalue weighted by Crippen LogP contribution is -2.17. The van der Waals surface area contributed by atoms with Crippen LogP contribution in [0.25, 0.3) is 0 Å². The minimum Gasteiger partial charge on any atom is -0.302 e. The molecule has 0 aliphatic heterocycles. The molecule has 2 rings (SSSR count). The summed E-state index contributed by atoms with van der Waals surface area (Å²) < 4.78 is 0. The summed E-state index contributed by atoms with van der Waals surface area (Å²) in [5.41, 5.74) is 0. The maximum Gasteiger partial charge on any atom is 0.138 e. The third kappa shape index (κ3) is 2.64. The van der Waals surface area contributed by atoms with Gasteiger partial charge in [0.05, 0.1) is 6.54 Å². The third-order valence-corrected chi connectivity index (χ3v) is 3.41. The molecule has 0 aliphatic carbocycles. The van der Waals surface area contributed by atoms with Crippen molar-refractivity contribution in [3.8, 4) is 0 Å². The van der Waals surface area contributed by atoms with E-state index in [0.717, 1.165) is 12.4 Å². The molecule has 2 N–H and O–H groups in total. The molecule has 2 aromatic rings. The zero-order valence-electron chi connectivity index (χ0n) is 8.82. The SMILES string of the molecule is Cc1ccc(C(C)NCc2ncn[nH]2)s1. The highest BCUT2D eigenvalue weighted by atomic mass is 32.1. The number of aromatic nitrogens is 3. The van der Waals surface area contributed by atoms with Crippen molar-refractivity contribution in [3.05, 3.63) is 34.0 Å². The summed E-state index contributed by atoms with van der Waals surface area (Å²) >= 11 is 1.82. The number of aryl methyl sites for hydroxylation is 1. The van der Waals surface area contributed by atoms with Gasteiger partial charge in [0, 0.05) is 15.8 Å². The maximum atomic E-state index is 4.06. The molecule has 0 amide bonds. The summed E-state index contributed by atoms with van der Waals surface area (Å²) in [6, 6.07) is 4.67. The zero-order chi connectivity index (χ0) is 10.7. The van der Waals surface area contributed by atoms with Gasteiger partial charge in [-0.2, -0.15) is 5.10 Å². The maximum absolute atomic E-state index is 4.06. The van der Waals surface area contributed by atoms with E-state index in [1.54, 1.807) is 0 Å². The second kappa shape index (κ2) is 4.55. The highest BCUT2D eigenvalue weighted by Gasteiger charge is 2.07. The van der Waals surface area contributed by atoms with Gasteiger partial charge in [0.15, 0.2) is 0 Å². The predicted octanol–water partition coefficient (Wildman–Crippen LogP) is 2.03. The molecule has 0 bridgehead atoms. The fourth-order valence-electron chi connectivity index (χ4n) is 1.35. The van der Waals surface area contributed by atoms with Crippen LogP contribution in [0.1, 0.15) is 28.5 Å². The monoisotopic (exact) mass is 222 g/mol. The fraction of sp³-hybridized carbons (Fsp3) is 0.400. The Kier molecular flexibility index (Phi) is 3.13. The van der Waals surface area contributed by atoms with Crippen molar-refractivity contribution < 1.29 is 0 Å². The lowest BCUT2D eigenvalue weighted by molar-refractivity contribution is 0.567. The predicted molar refractivity (Wildman–Crippen MR) is 60.7 cm³/mol. The summed E-state index contributed by atoms with van der Waals surface area (Å²) in [4.78, 5) is 6.76. The Labute approximate surface area is 92.8 Å². The Hall–Kier alpha value is -1.20. The zero-order valence-corrected chi connectivity index (χ0v) is 9.64. The molecule has 0 radical (unpaired) electrons. The first-order chi connectivity index (χ1) is 7.25. The van der Waals surface area contributed by atoms with E-state index in [9.17, 15) is 0 Å². The summed E-state index contributed by atoms with van der Waals surface area (Å²) in [6.07, 6.45) is 1.52. The van der Waals surface area contributed by atoms with E-state index < -0.39 is 0 Å². The van der Waals surface area contributed by atoms with Crippen LogP contribution in [0.15, 0.2) is 18.5 Å². The molecule has 0 aliphatic rings. The Bertz CT molecular complexity index is 407. The van der Waals surface area contributed by atoms with E-state index in [1.807, 2.05) is 11.3 Å². The normalized spacial score (nSPS) is 12.9. The molecule has 2 aromatic heterocycles. The van der Waals surface area contributed by atoms with E-state index in [1.165, 1.54) is 16.1 Å². The van der Waals surface area contributed by atoms with Crippen molar-refractivity contribution >= 4 is 11.3 Å². The third-order valence-electron chi connectivity index (χ3n) is 2.23. The van der Waals surface area contributed by atoms with Crippen molar-refractivity contribution in [1.29, 1.82) is 0 Å². The molecule has 80 valence electrons. The number of thiophene rings is 1. The van der Waals surface area contributed by atoms with Crippen LogP contribution in [-0.2, 0) is 6.54 Å². The van der Waals surface area contributed by atoms with Crippen LogP contribution >= 0.6 is 11.3 Å². The highest BCUT2D eigenvalue weighted by Crippen LogP contribution is 2.22. The second-order valence-corrected chi connectivity index (χ2v) is 4.80. The second-order valence-electron chi connectivity index (χ2n) is 3.48. The van der Waals surface area contributed by atoms with E-state index in [4.69, 9.17) is 0 Å². The molecule has 0 saturated carbocycles. The molecule has 1 atom stereocenters. The summed E-state index contributed by atoms with van der Waals surface area (Å²) in [5, 5.41) is 10.0. The Morgan fingerprint density at radius 2 is 2.40 bits per heavy atom. The first kappa shape index (κ1) is 10.3. The van der Waals surface area contributed by atoms with Crippen molar-refractivity contribution in [1.82, 2.24) is 20.5 Å². The molecule has 5 heteroatoms. The van der Waals surface area contributed by atoms with Gasteiger partial charge in [-0.25, -0.2) is 4.98 Å². The van der Waals surface area contributed by atoms with Gasteiger partial charge in [0.1, 0.15) is 12.2 Å². The fourth-order valence-corrected chi connectivity index (χ4v) is 2.26. The van der Waals surface area contributed by atoms with Crippen LogP contribution in [0.3, 0.4) is 0 Å². The minimum absolute atomic E-state index is 0.355. The number of nitrogens with one attached hydrogen (secondary N) is 2. The van der Waals surface area contributed by atoms with Gasteiger partial charge >= 0.3 is 0 Å². The largest absolute Gasteiger partial charge is 0.302 e. The van der Waals surface area contributed by atoms with E-state index in [-0.39, 0.29) is 0 Å². The highest BCUT2D eigenvalue weighted by molar-refractivity contribution is 7.12. The van der Waals surface area contributed by atoms with Crippen LogP contribution in [-0.4, -0.2) is 15.2 Å². The molecule has 4 nitrogen and oxygen atoms in total. The van der Waals surface area contributed by atoms with Crippen LogP contribution in [0.4, 0.5) is 0 Å². The average Bonchev–Trinajstić information content (AvgIpc) is 2.84. The van der Waals surface area contributed by atoms with Crippen LogP contribution in [0.5, 0.6) is 0 Å². The molecule has 2 heterocycles. The van der Waals surface area contributed by atoms with Gasteiger partial charge < -0.3 is 5.32 Å². The molecule has 15 heavy (non-hydrogen) atoms. The standard InChI is InChI=1S/C10H14N4S/c1-7-3-4-9(15-7)8(2)11-5-10-12-6-13-14-10/h3-4,6,8,11H,5H2,1-2H3,(H,12,13,14). The van der Waals surface area contributed by atoms with Gasteiger partial charge in [0.2, 0.25) is 0 Å². The first-order valence-corrected chi connectivity index (χ1v) is 5.71. The van der Waals surface area contributed by atoms with Gasteiger partial charge in [-0.15, -0.1) is 11.3 Å². The number of hydrogen-bond acceptors (Lipinski definition) is 4. The van der Waals surface area contributed by atoms with Crippen LogP contribution < -0.4 is 5.32 Å². The van der Waals surface area contributed by atoms with Gasteiger partial charge in [-0.3, -0.25) is 5.10 Å². The Morgan fingerprint density at radius 1 is 1.53 bits per heavy atom. The Morgan fingerprint density at radius 3 is 3.00 bits per heavy atom. The lowest BCUT2D eigenvalue weighted by atomic mass is 10.3. The number of rotatable bonds is 4. The van der Waals surface area contributed by atoms with Gasteiger partial charge in [-0.05, 0) is 26.0 Å². The van der Waals surface area contributed by atoms with E-state index >= 15 is 0 Å². The van der Waals surface area contributed by atoms with Crippen molar-refractivity contribution in [2.75, 3.05) is 0 Å². The molecular weight excluding hydrogens is 208 g/mol. The van der Waals surface area contributed by atoms with Crippen molar-refractivity contribution in [2.24, 2.45) is 0 Å². The molecule has 1 unspecified atom stereocenters. The van der Waals surface area contributed by atoms with Crippen LogP contribution in [0.2, 0.25) is 0 Å². The quantitative estimate of drug-likeness (QED) is 0.832. The number of nitrogens with zero attached hydrogens (tertiary/aromatic N) is 2. The van der Waals surface area contributed by atoms with Crippen molar-refractivity contribution in [3.63, 3.8) is 0 Å². The molecular formula is C10H14N4S. The van der Waals surface area contributed by atoms with Crippen LogP contribution in [0, 0.1) is 6.92 Å². The lowest BCUT2D eigenvalue weighted by Gasteiger charge is -2.10. The number of aromatic amines is 1. The van der Waals surface area contributed by atoms with E-state index in [0.29, 0.717) is 6.04 Å². The van der Waals surface area contributed by atoms with Gasteiger partial charge in [0.25, 0.3) is 0 Å².